The monoisotopic (exact) mass is 478 g/mol. The van der Waals surface area contributed by atoms with Gasteiger partial charge >= 0.3 is 5.69 Å². The lowest BCUT2D eigenvalue weighted by Gasteiger charge is -2.13. The Kier molecular flexibility index (Phi) is 6.83. The van der Waals surface area contributed by atoms with Crippen LogP contribution >= 0.6 is 0 Å². The number of aromatic nitrogens is 4. The number of carbonyl (C=O) groups excluding carboxylic acids is 1. The maximum Gasteiger partial charge on any atom is 0.337 e. The topological polar surface area (TPSA) is 107 Å². The highest BCUT2D eigenvalue weighted by atomic mass is 16.5. The first-order valence-corrected chi connectivity index (χ1v) is 10.9. The molecule has 0 bridgehead atoms. The third-order valence-corrected chi connectivity index (χ3v) is 5.73. The minimum Gasteiger partial charge on any atom is -0.497 e. The van der Waals surface area contributed by atoms with Crippen LogP contribution in [0.25, 0.3) is 16.9 Å². The Balaban J connectivity index is 1.89. The van der Waals surface area contributed by atoms with Crippen molar-refractivity contribution < 1.29 is 19.0 Å². The van der Waals surface area contributed by atoms with E-state index < -0.39 is 11.2 Å². The molecule has 10 heteroatoms. The Morgan fingerprint density at radius 1 is 1.00 bits per heavy atom. The normalized spacial score (nSPS) is 11.1. The maximum atomic E-state index is 13.4. The summed E-state index contributed by atoms with van der Waals surface area (Å²) in [7, 11) is 4.47. The van der Waals surface area contributed by atoms with Gasteiger partial charge in [0.15, 0.2) is 16.9 Å². The van der Waals surface area contributed by atoms with Crippen LogP contribution in [0.15, 0.2) is 58.4 Å². The van der Waals surface area contributed by atoms with Gasteiger partial charge in [0.25, 0.3) is 5.56 Å². The molecule has 0 unspecified atom stereocenters. The number of rotatable bonds is 9. The van der Waals surface area contributed by atoms with Gasteiger partial charge in [-0.2, -0.15) is 0 Å². The summed E-state index contributed by atoms with van der Waals surface area (Å²) >= 11 is 0. The number of benzene rings is 2. The first-order chi connectivity index (χ1) is 16.9. The van der Waals surface area contributed by atoms with Gasteiger partial charge in [-0.15, -0.1) is 0 Å². The molecule has 0 aliphatic rings. The van der Waals surface area contributed by atoms with Crippen LogP contribution in [-0.2, 0) is 17.8 Å². The number of aryl methyl sites for hydroxylation is 1. The van der Waals surface area contributed by atoms with Gasteiger partial charge < -0.3 is 18.8 Å². The van der Waals surface area contributed by atoms with E-state index in [0.29, 0.717) is 22.7 Å². The van der Waals surface area contributed by atoms with Crippen LogP contribution in [0.5, 0.6) is 11.5 Å². The molecule has 0 aliphatic carbocycles. The molecule has 4 rings (SSSR count). The number of methoxy groups -OCH3 is 3. The molecule has 0 fully saturated rings. The van der Waals surface area contributed by atoms with Crippen molar-refractivity contribution >= 4 is 16.9 Å². The zero-order valence-electron chi connectivity index (χ0n) is 20.0. The SMILES string of the molecule is COCCn1c(=O)c2c(ncn2CC(=O)c2cc(OC)ccc2OC)n(-c2ccc(C)cc2)c1=O. The standard InChI is InChI=1S/C25H26N4O6/c1-16-5-7-17(8-6-16)29-23-22(24(31)28(25(29)32)11-12-33-2)27(15-26-23)14-20(30)19-13-18(34-3)9-10-21(19)35-4/h5-10,13,15H,11-12,14H2,1-4H3. The number of carbonyl (C=O) groups is 1. The number of fused-ring (bicyclic) bond motifs is 1. The lowest BCUT2D eigenvalue weighted by Crippen LogP contribution is -2.41. The second-order valence-corrected chi connectivity index (χ2v) is 7.94. The summed E-state index contributed by atoms with van der Waals surface area (Å²) in [6.07, 6.45) is 1.39. The van der Waals surface area contributed by atoms with Gasteiger partial charge in [0.2, 0.25) is 0 Å². The molecule has 0 aliphatic heterocycles. The van der Waals surface area contributed by atoms with Crippen LogP contribution < -0.4 is 20.7 Å². The Morgan fingerprint density at radius 2 is 1.74 bits per heavy atom. The molecule has 0 amide bonds. The molecule has 0 N–H and O–H groups in total. The maximum absolute atomic E-state index is 13.4. The highest BCUT2D eigenvalue weighted by Gasteiger charge is 2.22. The van der Waals surface area contributed by atoms with Gasteiger partial charge in [-0.1, -0.05) is 17.7 Å². The van der Waals surface area contributed by atoms with E-state index in [2.05, 4.69) is 4.98 Å². The number of Topliss-reactive ketones (excluding diaryl/α,β-unsaturated/α-hetero) is 1. The van der Waals surface area contributed by atoms with Crippen molar-refractivity contribution in [2.75, 3.05) is 27.9 Å². The van der Waals surface area contributed by atoms with Gasteiger partial charge in [-0.3, -0.25) is 14.2 Å². The molecule has 2 aromatic heterocycles. The first-order valence-electron chi connectivity index (χ1n) is 10.9. The third kappa shape index (κ3) is 4.47. The van der Waals surface area contributed by atoms with Crippen LogP contribution in [0.3, 0.4) is 0 Å². The van der Waals surface area contributed by atoms with Crippen LogP contribution in [0.1, 0.15) is 15.9 Å². The lowest BCUT2D eigenvalue weighted by atomic mass is 10.1. The van der Waals surface area contributed by atoms with Gasteiger partial charge in [-0.25, -0.2) is 14.3 Å². The molecule has 0 saturated heterocycles. The lowest BCUT2D eigenvalue weighted by molar-refractivity contribution is 0.0970. The van der Waals surface area contributed by atoms with E-state index in [0.717, 1.165) is 10.1 Å². The predicted octanol–water partition coefficient (Wildman–Crippen LogP) is 2.20. The smallest absolute Gasteiger partial charge is 0.337 e. The fourth-order valence-corrected chi connectivity index (χ4v) is 3.88. The van der Waals surface area contributed by atoms with E-state index in [4.69, 9.17) is 14.2 Å². The van der Waals surface area contributed by atoms with Crippen LogP contribution in [0.2, 0.25) is 0 Å². The molecule has 0 spiro atoms. The molecule has 0 atom stereocenters. The number of hydrogen-bond acceptors (Lipinski definition) is 7. The van der Waals surface area contributed by atoms with Crippen molar-refractivity contribution in [2.24, 2.45) is 0 Å². The number of imidazole rings is 1. The molecule has 0 radical (unpaired) electrons. The minimum absolute atomic E-state index is 0.0544. The Bertz CT molecular complexity index is 1500. The summed E-state index contributed by atoms with van der Waals surface area (Å²) in [5.41, 5.74) is 1.11. The zero-order chi connectivity index (χ0) is 25.1. The van der Waals surface area contributed by atoms with Crippen LogP contribution in [-0.4, -0.2) is 52.4 Å². The molecule has 182 valence electrons. The van der Waals surface area contributed by atoms with E-state index in [1.165, 1.54) is 36.8 Å². The van der Waals surface area contributed by atoms with Crippen molar-refractivity contribution in [1.82, 2.24) is 18.7 Å². The highest BCUT2D eigenvalue weighted by molar-refractivity contribution is 5.99. The molecule has 10 nitrogen and oxygen atoms in total. The molecule has 0 saturated carbocycles. The molecular weight excluding hydrogens is 452 g/mol. The van der Waals surface area contributed by atoms with Crippen LogP contribution in [0.4, 0.5) is 0 Å². The molecule has 35 heavy (non-hydrogen) atoms. The Hall–Kier alpha value is -4.18. The summed E-state index contributed by atoms with van der Waals surface area (Å²) in [5, 5.41) is 0. The average molecular weight is 479 g/mol. The van der Waals surface area contributed by atoms with Crippen molar-refractivity contribution in [3.05, 3.63) is 80.8 Å². The third-order valence-electron chi connectivity index (χ3n) is 5.73. The van der Waals surface area contributed by atoms with Gasteiger partial charge in [0, 0.05) is 7.11 Å². The fourth-order valence-electron chi connectivity index (χ4n) is 3.88. The second kappa shape index (κ2) is 9.98. The van der Waals surface area contributed by atoms with Crippen molar-refractivity contribution in [1.29, 1.82) is 0 Å². The Labute approximate surface area is 200 Å². The molecule has 2 aromatic carbocycles. The largest absolute Gasteiger partial charge is 0.497 e. The summed E-state index contributed by atoms with van der Waals surface area (Å²) in [6, 6.07) is 12.2. The number of nitrogens with zero attached hydrogens (tertiary/aromatic N) is 4. The average Bonchev–Trinajstić information content (AvgIpc) is 3.27. The molecule has 2 heterocycles. The predicted molar refractivity (Wildman–Crippen MR) is 130 cm³/mol. The summed E-state index contributed by atoms with van der Waals surface area (Å²) in [5.74, 6) is 0.574. The van der Waals surface area contributed by atoms with E-state index in [9.17, 15) is 14.4 Å². The summed E-state index contributed by atoms with van der Waals surface area (Å²) < 4.78 is 19.6. The Morgan fingerprint density at radius 3 is 2.40 bits per heavy atom. The number of ketones is 1. The first kappa shape index (κ1) is 24.0. The van der Waals surface area contributed by atoms with Crippen LogP contribution in [0, 0.1) is 6.92 Å². The van der Waals surface area contributed by atoms with Crippen molar-refractivity contribution in [3.63, 3.8) is 0 Å². The van der Waals surface area contributed by atoms with Crippen molar-refractivity contribution in [3.8, 4) is 17.2 Å². The number of hydrogen-bond donors (Lipinski definition) is 0. The summed E-state index contributed by atoms with van der Waals surface area (Å²) in [6.45, 7) is 1.97. The van der Waals surface area contributed by atoms with Crippen molar-refractivity contribution in [2.45, 2.75) is 20.0 Å². The summed E-state index contributed by atoms with van der Waals surface area (Å²) in [4.78, 5) is 44.3. The molecule has 4 aromatic rings. The van der Waals surface area contributed by atoms with E-state index >= 15 is 0 Å². The zero-order valence-corrected chi connectivity index (χ0v) is 20.0. The van der Waals surface area contributed by atoms with E-state index in [1.807, 2.05) is 19.1 Å². The van der Waals surface area contributed by atoms with Gasteiger partial charge in [-0.05, 0) is 37.3 Å². The second-order valence-electron chi connectivity index (χ2n) is 7.94. The fraction of sp³-hybridized carbons (Fsp3) is 0.280. The number of ether oxygens (including phenoxy) is 3. The van der Waals surface area contributed by atoms with Gasteiger partial charge in [0.05, 0.1) is 51.5 Å². The van der Waals surface area contributed by atoms with Gasteiger partial charge in [0.1, 0.15) is 11.5 Å². The quantitative estimate of drug-likeness (QED) is 0.340. The highest BCUT2D eigenvalue weighted by Crippen LogP contribution is 2.25. The molecular formula is C25H26N4O6. The van der Waals surface area contributed by atoms with E-state index in [-0.39, 0.29) is 36.6 Å². The minimum atomic E-state index is -0.548. The van der Waals surface area contributed by atoms with E-state index in [1.54, 1.807) is 30.3 Å².